The van der Waals surface area contributed by atoms with Crippen LogP contribution in [-0.4, -0.2) is 60.1 Å². The van der Waals surface area contributed by atoms with E-state index in [1.54, 1.807) is 0 Å². The van der Waals surface area contributed by atoms with Gasteiger partial charge in [-0.15, -0.1) is 0 Å². The van der Waals surface area contributed by atoms with E-state index in [0.29, 0.717) is 13.1 Å². The standard InChI is InChI=1S/C13H24N2O2/c1-14(2)11-8-15(9-12(11)16)13(17)10-6-4-3-5-7-10/h10-12,16H,3-9H2,1-2H3/t11-,12-/m1/s1. The second-order valence-corrected chi connectivity index (χ2v) is 5.68. The number of nitrogens with zero attached hydrogens (tertiary/aromatic N) is 2. The summed E-state index contributed by atoms with van der Waals surface area (Å²) in [5.41, 5.74) is 0. The molecule has 1 N–H and O–H groups in total. The van der Waals surface area contributed by atoms with E-state index < -0.39 is 6.10 Å². The molecular weight excluding hydrogens is 216 g/mol. The zero-order valence-corrected chi connectivity index (χ0v) is 10.9. The van der Waals surface area contributed by atoms with Gasteiger partial charge in [0, 0.05) is 19.0 Å². The fourth-order valence-corrected chi connectivity index (χ4v) is 3.06. The fourth-order valence-electron chi connectivity index (χ4n) is 3.06. The Morgan fingerprint density at radius 3 is 2.35 bits per heavy atom. The molecule has 1 saturated carbocycles. The van der Waals surface area contributed by atoms with Gasteiger partial charge in [-0.05, 0) is 26.9 Å². The molecule has 1 heterocycles. The number of carbonyl (C=O) groups excluding carboxylic acids is 1. The van der Waals surface area contributed by atoms with Crippen LogP contribution in [0.2, 0.25) is 0 Å². The summed E-state index contributed by atoms with van der Waals surface area (Å²) >= 11 is 0. The third-order valence-electron chi connectivity index (χ3n) is 4.19. The van der Waals surface area contributed by atoms with E-state index in [1.807, 2.05) is 23.9 Å². The second kappa shape index (κ2) is 5.36. The molecular formula is C13H24N2O2. The van der Waals surface area contributed by atoms with Crippen LogP contribution >= 0.6 is 0 Å². The zero-order valence-electron chi connectivity index (χ0n) is 10.9. The Morgan fingerprint density at radius 1 is 1.18 bits per heavy atom. The minimum Gasteiger partial charge on any atom is -0.390 e. The zero-order chi connectivity index (χ0) is 12.4. The molecule has 0 radical (unpaired) electrons. The topological polar surface area (TPSA) is 43.8 Å². The molecule has 0 aromatic rings. The van der Waals surface area contributed by atoms with Crippen molar-refractivity contribution in [3.63, 3.8) is 0 Å². The van der Waals surface area contributed by atoms with E-state index in [-0.39, 0.29) is 17.9 Å². The van der Waals surface area contributed by atoms with E-state index >= 15 is 0 Å². The molecule has 0 spiro atoms. The number of rotatable bonds is 2. The van der Waals surface area contributed by atoms with Crippen molar-refractivity contribution >= 4 is 5.91 Å². The normalized spacial score (nSPS) is 31.2. The number of amides is 1. The Hall–Kier alpha value is -0.610. The van der Waals surface area contributed by atoms with Gasteiger partial charge in [0.05, 0.1) is 12.1 Å². The van der Waals surface area contributed by atoms with Crippen molar-refractivity contribution in [1.82, 2.24) is 9.80 Å². The number of aliphatic hydroxyl groups excluding tert-OH is 1. The van der Waals surface area contributed by atoms with E-state index in [0.717, 1.165) is 12.8 Å². The summed E-state index contributed by atoms with van der Waals surface area (Å²) in [6.45, 7) is 1.20. The Balaban J connectivity index is 1.92. The van der Waals surface area contributed by atoms with Crippen LogP contribution in [0.5, 0.6) is 0 Å². The molecule has 2 rings (SSSR count). The Kier molecular flexibility index (Phi) is 4.05. The van der Waals surface area contributed by atoms with Gasteiger partial charge < -0.3 is 14.9 Å². The van der Waals surface area contributed by atoms with Crippen LogP contribution in [0.4, 0.5) is 0 Å². The maximum atomic E-state index is 12.3. The lowest BCUT2D eigenvalue weighted by Crippen LogP contribution is -2.39. The van der Waals surface area contributed by atoms with E-state index in [4.69, 9.17) is 0 Å². The molecule has 17 heavy (non-hydrogen) atoms. The fraction of sp³-hybridized carbons (Fsp3) is 0.923. The number of aliphatic hydroxyl groups is 1. The third-order valence-corrected chi connectivity index (χ3v) is 4.19. The highest BCUT2D eigenvalue weighted by atomic mass is 16.3. The lowest BCUT2D eigenvalue weighted by molar-refractivity contribution is -0.135. The molecule has 4 heteroatoms. The molecule has 0 aromatic carbocycles. The molecule has 2 fully saturated rings. The minimum atomic E-state index is -0.391. The first-order chi connectivity index (χ1) is 8.09. The molecule has 98 valence electrons. The van der Waals surface area contributed by atoms with Crippen LogP contribution < -0.4 is 0 Å². The highest BCUT2D eigenvalue weighted by molar-refractivity contribution is 5.79. The van der Waals surface area contributed by atoms with Gasteiger partial charge in [-0.1, -0.05) is 19.3 Å². The van der Waals surface area contributed by atoms with Gasteiger partial charge in [0.25, 0.3) is 0 Å². The summed E-state index contributed by atoms with van der Waals surface area (Å²) < 4.78 is 0. The maximum Gasteiger partial charge on any atom is 0.225 e. The number of hydrogen-bond donors (Lipinski definition) is 1. The molecule has 1 aliphatic heterocycles. The molecule has 1 aliphatic carbocycles. The smallest absolute Gasteiger partial charge is 0.225 e. The summed E-state index contributed by atoms with van der Waals surface area (Å²) in [4.78, 5) is 16.2. The van der Waals surface area contributed by atoms with Crippen molar-refractivity contribution in [3.05, 3.63) is 0 Å². The second-order valence-electron chi connectivity index (χ2n) is 5.68. The van der Waals surface area contributed by atoms with Crippen molar-refractivity contribution in [2.24, 2.45) is 5.92 Å². The average Bonchev–Trinajstić information content (AvgIpc) is 2.71. The van der Waals surface area contributed by atoms with Gasteiger partial charge in [0.2, 0.25) is 5.91 Å². The minimum absolute atomic E-state index is 0.0996. The SMILES string of the molecule is CN(C)[C@@H]1CN(C(=O)C2CCCCC2)C[C@H]1O. The predicted molar refractivity (Wildman–Crippen MR) is 66.6 cm³/mol. The summed E-state index contributed by atoms with van der Waals surface area (Å²) in [5, 5.41) is 9.94. The van der Waals surface area contributed by atoms with Crippen molar-refractivity contribution in [1.29, 1.82) is 0 Å². The van der Waals surface area contributed by atoms with E-state index in [9.17, 15) is 9.90 Å². The van der Waals surface area contributed by atoms with Gasteiger partial charge in [0.15, 0.2) is 0 Å². The molecule has 0 aromatic heterocycles. The number of hydrogen-bond acceptors (Lipinski definition) is 3. The first-order valence-corrected chi connectivity index (χ1v) is 6.73. The van der Waals surface area contributed by atoms with Crippen LogP contribution in [-0.2, 0) is 4.79 Å². The maximum absolute atomic E-state index is 12.3. The van der Waals surface area contributed by atoms with Crippen molar-refractivity contribution in [2.45, 2.75) is 44.2 Å². The molecule has 1 amide bonds. The predicted octanol–water partition coefficient (Wildman–Crippen LogP) is 0.700. The lowest BCUT2D eigenvalue weighted by Gasteiger charge is -2.26. The summed E-state index contributed by atoms with van der Waals surface area (Å²) in [7, 11) is 3.92. The largest absolute Gasteiger partial charge is 0.390 e. The van der Waals surface area contributed by atoms with Gasteiger partial charge in [0.1, 0.15) is 0 Å². The summed E-state index contributed by atoms with van der Waals surface area (Å²) in [6, 6.07) is 0.0996. The van der Waals surface area contributed by atoms with Crippen LogP contribution in [0.3, 0.4) is 0 Å². The summed E-state index contributed by atoms with van der Waals surface area (Å²) in [6.07, 6.45) is 5.33. The van der Waals surface area contributed by atoms with Crippen molar-refractivity contribution in [2.75, 3.05) is 27.2 Å². The van der Waals surface area contributed by atoms with Crippen LogP contribution in [0, 0.1) is 5.92 Å². The first-order valence-electron chi connectivity index (χ1n) is 6.73. The number of likely N-dealkylation sites (N-methyl/N-ethyl adjacent to an activating group) is 1. The monoisotopic (exact) mass is 240 g/mol. The molecule has 4 nitrogen and oxygen atoms in total. The van der Waals surface area contributed by atoms with Crippen molar-refractivity contribution in [3.8, 4) is 0 Å². The number of carbonyl (C=O) groups is 1. The van der Waals surface area contributed by atoms with E-state index in [2.05, 4.69) is 0 Å². The number of β-amino-alcohol motifs (C(OH)–C–C–N with tert-alkyl or cyclic N) is 1. The van der Waals surface area contributed by atoms with Gasteiger partial charge in [-0.25, -0.2) is 0 Å². The van der Waals surface area contributed by atoms with Crippen molar-refractivity contribution < 1.29 is 9.90 Å². The van der Waals surface area contributed by atoms with Crippen LogP contribution in [0.25, 0.3) is 0 Å². The van der Waals surface area contributed by atoms with Gasteiger partial charge >= 0.3 is 0 Å². The highest BCUT2D eigenvalue weighted by Crippen LogP contribution is 2.27. The lowest BCUT2D eigenvalue weighted by atomic mass is 9.88. The number of likely N-dealkylation sites (tertiary alicyclic amines) is 1. The van der Waals surface area contributed by atoms with Crippen LogP contribution in [0.1, 0.15) is 32.1 Å². The Labute approximate surface area is 104 Å². The summed E-state index contributed by atoms with van der Waals surface area (Å²) in [5.74, 6) is 0.491. The highest BCUT2D eigenvalue weighted by Gasteiger charge is 2.37. The van der Waals surface area contributed by atoms with E-state index in [1.165, 1.54) is 19.3 Å². The molecule has 2 atom stereocenters. The average molecular weight is 240 g/mol. The Morgan fingerprint density at radius 2 is 1.82 bits per heavy atom. The molecule has 0 bridgehead atoms. The Bertz CT molecular complexity index is 275. The molecule has 2 aliphatic rings. The first kappa shape index (κ1) is 12.8. The quantitative estimate of drug-likeness (QED) is 0.773. The van der Waals surface area contributed by atoms with Gasteiger partial charge in [-0.2, -0.15) is 0 Å². The molecule has 1 saturated heterocycles. The third kappa shape index (κ3) is 2.80. The van der Waals surface area contributed by atoms with Crippen LogP contribution in [0.15, 0.2) is 0 Å². The molecule has 0 unspecified atom stereocenters. The van der Waals surface area contributed by atoms with Gasteiger partial charge in [-0.3, -0.25) is 4.79 Å².